The van der Waals surface area contributed by atoms with E-state index in [0.29, 0.717) is 5.82 Å². The molecule has 2 amide bonds. The van der Waals surface area contributed by atoms with E-state index in [0.717, 1.165) is 36.5 Å². The van der Waals surface area contributed by atoms with Gasteiger partial charge >= 0.3 is 0 Å². The minimum Gasteiger partial charge on any atom is -0.369 e. The lowest BCUT2D eigenvalue weighted by Crippen LogP contribution is -2.46. The van der Waals surface area contributed by atoms with E-state index in [2.05, 4.69) is 15.4 Å². The maximum Gasteiger partial charge on any atom is 0.291 e. The molecule has 150 valence electrons. The molecule has 1 fully saturated rings. The van der Waals surface area contributed by atoms with E-state index in [9.17, 15) is 9.59 Å². The maximum atomic E-state index is 12.8. The number of piperidine rings is 1. The number of nitrogens with one attached hydrogen (secondary N) is 1. The monoisotopic (exact) mass is 410 g/mol. The summed E-state index contributed by atoms with van der Waals surface area (Å²) in [6.07, 6.45) is 1.52. The second kappa shape index (κ2) is 8.54. The first-order chi connectivity index (χ1) is 14.1. The van der Waals surface area contributed by atoms with E-state index >= 15 is 0 Å². The summed E-state index contributed by atoms with van der Waals surface area (Å²) in [5.74, 6) is 0.180. The number of primary amides is 1. The van der Waals surface area contributed by atoms with Gasteiger partial charge in [0.25, 0.3) is 5.91 Å². The average Bonchev–Trinajstić information content (AvgIpc) is 3.39. The van der Waals surface area contributed by atoms with Gasteiger partial charge in [0, 0.05) is 19.1 Å². The molecule has 3 heterocycles. The van der Waals surface area contributed by atoms with E-state index in [1.807, 2.05) is 52.7 Å². The summed E-state index contributed by atoms with van der Waals surface area (Å²) < 4.78 is 1.70. The Labute approximate surface area is 172 Å². The molecule has 3 aromatic rings. The summed E-state index contributed by atoms with van der Waals surface area (Å²) in [5, 5.41) is 9.49. The van der Waals surface area contributed by atoms with Gasteiger partial charge in [0.15, 0.2) is 5.82 Å². The first-order valence-corrected chi connectivity index (χ1v) is 10.4. The highest BCUT2D eigenvalue weighted by Crippen LogP contribution is 2.25. The van der Waals surface area contributed by atoms with Crippen LogP contribution in [0.1, 0.15) is 23.5 Å². The molecule has 0 atom stereocenters. The Bertz CT molecular complexity index is 978. The van der Waals surface area contributed by atoms with Crippen molar-refractivity contribution < 1.29 is 9.59 Å². The van der Waals surface area contributed by atoms with Gasteiger partial charge in [-0.05, 0) is 36.4 Å². The number of aromatic nitrogens is 3. The van der Waals surface area contributed by atoms with Gasteiger partial charge in [-0.3, -0.25) is 14.5 Å². The van der Waals surface area contributed by atoms with E-state index in [4.69, 9.17) is 5.73 Å². The molecule has 29 heavy (non-hydrogen) atoms. The van der Waals surface area contributed by atoms with Crippen LogP contribution in [0.4, 0.5) is 0 Å². The minimum absolute atomic E-state index is 0.0282. The Hall–Kier alpha value is -3.04. The minimum atomic E-state index is -0.329. The van der Waals surface area contributed by atoms with Crippen LogP contribution in [0.5, 0.6) is 0 Å². The maximum absolute atomic E-state index is 12.8. The van der Waals surface area contributed by atoms with E-state index < -0.39 is 0 Å². The normalized spacial score (nSPS) is 15.3. The number of carbonyl (C=O) groups excluding carboxylic acids is 2. The molecule has 0 radical (unpaired) electrons. The summed E-state index contributed by atoms with van der Waals surface area (Å²) in [6.45, 7) is 1.70. The predicted octanol–water partition coefficient (Wildman–Crippen LogP) is 1.68. The number of carbonyl (C=O) groups is 2. The topological polar surface area (TPSA) is 106 Å². The average molecular weight is 411 g/mol. The van der Waals surface area contributed by atoms with Crippen LogP contribution in [0.2, 0.25) is 0 Å². The summed E-state index contributed by atoms with van der Waals surface area (Å²) in [4.78, 5) is 31.3. The molecule has 1 saturated heterocycles. The smallest absolute Gasteiger partial charge is 0.291 e. The Morgan fingerprint density at radius 2 is 1.90 bits per heavy atom. The van der Waals surface area contributed by atoms with Gasteiger partial charge in [0.2, 0.25) is 11.7 Å². The molecular formula is C20H22N6O2S. The summed E-state index contributed by atoms with van der Waals surface area (Å²) >= 11 is 1.55. The molecule has 1 aromatic carbocycles. The zero-order valence-corrected chi connectivity index (χ0v) is 16.6. The number of para-hydroxylation sites is 1. The number of rotatable bonds is 6. The molecule has 0 unspecified atom stereocenters. The van der Waals surface area contributed by atoms with Crippen molar-refractivity contribution in [1.29, 1.82) is 0 Å². The quantitative estimate of drug-likeness (QED) is 0.643. The predicted molar refractivity (Wildman–Crippen MR) is 111 cm³/mol. The fraction of sp³-hybridized carbons (Fsp3) is 0.300. The molecule has 8 nitrogen and oxygen atoms in total. The van der Waals surface area contributed by atoms with E-state index in [1.165, 1.54) is 0 Å². The number of likely N-dealkylation sites (tertiary alicyclic amines) is 1. The third-order valence-electron chi connectivity index (χ3n) is 4.85. The fourth-order valence-corrected chi connectivity index (χ4v) is 4.13. The highest BCUT2D eigenvalue weighted by molar-refractivity contribution is 7.13. The number of thiophene rings is 1. The molecule has 3 N–H and O–H groups in total. The highest BCUT2D eigenvalue weighted by atomic mass is 32.1. The number of benzene rings is 1. The summed E-state index contributed by atoms with van der Waals surface area (Å²) in [7, 11) is 0. The summed E-state index contributed by atoms with van der Waals surface area (Å²) in [6, 6.07) is 13.6. The zero-order valence-electron chi connectivity index (χ0n) is 15.8. The second-order valence-electron chi connectivity index (χ2n) is 6.97. The van der Waals surface area contributed by atoms with Gasteiger partial charge < -0.3 is 11.1 Å². The largest absolute Gasteiger partial charge is 0.369 e. The third kappa shape index (κ3) is 4.52. The molecule has 2 aromatic heterocycles. The number of nitrogens with zero attached hydrogens (tertiary/aromatic N) is 4. The summed E-state index contributed by atoms with van der Waals surface area (Å²) in [5.41, 5.74) is 6.10. The molecule has 4 rings (SSSR count). The van der Waals surface area contributed by atoms with Crippen LogP contribution in [0.3, 0.4) is 0 Å². The van der Waals surface area contributed by atoms with Crippen LogP contribution in [-0.2, 0) is 4.79 Å². The number of amides is 2. The molecule has 0 spiro atoms. The molecule has 0 aliphatic carbocycles. The lowest BCUT2D eigenvalue weighted by atomic mass is 10.1. The molecule has 1 aliphatic heterocycles. The highest BCUT2D eigenvalue weighted by Gasteiger charge is 2.25. The van der Waals surface area contributed by atoms with E-state index in [1.54, 1.807) is 16.0 Å². The van der Waals surface area contributed by atoms with Crippen molar-refractivity contribution in [3.05, 3.63) is 53.7 Å². The van der Waals surface area contributed by atoms with Crippen molar-refractivity contribution in [2.75, 3.05) is 19.6 Å². The Morgan fingerprint density at radius 3 is 2.55 bits per heavy atom. The molecule has 0 bridgehead atoms. The van der Waals surface area contributed by atoms with Gasteiger partial charge in [-0.25, -0.2) is 9.67 Å². The van der Waals surface area contributed by atoms with Gasteiger partial charge in [0.05, 0.1) is 17.1 Å². The van der Waals surface area contributed by atoms with Crippen LogP contribution in [0, 0.1) is 0 Å². The van der Waals surface area contributed by atoms with Crippen molar-refractivity contribution >= 4 is 23.2 Å². The second-order valence-corrected chi connectivity index (χ2v) is 7.92. The van der Waals surface area contributed by atoms with Crippen molar-refractivity contribution in [2.45, 2.75) is 18.9 Å². The van der Waals surface area contributed by atoms with Crippen molar-refractivity contribution in [2.24, 2.45) is 5.73 Å². The third-order valence-corrected chi connectivity index (χ3v) is 5.72. The van der Waals surface area contributed by atoms with Crippen LogP contribution < -0.4 is 11.1 Å². The number of hydrogen-bond donors (Lipinski definition) is 2. The lowest BCUT2D eigenvalue weighted by molar-refractivity contribution is -0.119. The van der Waals surface area contributed by atoms with Crippen LogP contribution >= 0.6 is 11.3 Å². The lowest BCUT2D eigenvalue weighted by Gasteiger charge is -2.31. The molecular weight excluding hydrogens is 388 g/mol. The standard InChI is InChI=1S/C20H22N6O2S/c21-17(27)13-25-10-8-14(9-11-25)22-20(28)18-23-19(16-7-4-12-29-16)26(24-18)15-5-2-1-3-6-15/h1-7,12,14H,8-11,13H2,(H2,21,27)(H,22,28). The molecule has 0 saturated carbocycles. The Kier molecular flexibility index (Phi) is 5.68. The zero-order chi connectivity index (χ0) is 20.2. The number of hydrogen-bond acceptors (Lipinski definition) is 6. The Balaban J connectivity index is 1.50. The van der Waals surface area contributed by atoms with Crippen molar-refractivity contribution in [1.82, 2.24) is 25.0 Å². The van der Waals surface area contributed by atoms with Gasteiger partial charge in [-0.15, -0.1) is 16.4 Å². The first kappa shape index (κ1) is 19.3. The van der Waals surface area contributed by atoms with Crippen LogP contribution in [0.15, 0.2) is 47.8 Å². The van der Waals surface area contributed by atoms with Crippen molar-refractivity contribution in [3.63, 3.8) is 0 Å². The van der Waals surface area contributed by atoms with Gasteiger partial charge in [-0.1, -0.05) is 24.3 Å². The van der Waals surface area contributed by atoms with Crippen molar-refractivity contribution in [3.8, 4) is 16.4 Å². The van der Waals surface area contributed by atoms with E-state index in [-0.39, 0.29) is 30.2 Å². The molecule has 9 heteroatoms. The van der Waals surface area contributed by atoms with Gasteiger partial charge in [0.1, 0.15) is 0 Å². The Morgan fingerprint density at radius 1 is 1.14 bits per heavy atom. The SMILES string of the molecule is NC(=O)CN1CCC(NC(=O)c2nc(-c3cccs3)n(-c3ccccc3)n2)CC1. The van der Waals surface area contributed by atoms with Gasteiger partial charge in [-0.2, -0.15) is 0 Å². The first-order valence-electron chi connectivity index (χ1n) is 9.48. The van der Waals surface area contributed by atoms with Crippen LogP contribution in [0.25, 0.3) is 16.4 Å². The van der Waals surface area contributed by atoms with Crippen LogP contribution in [-0.4, -0.2) is 57.2 Å². The molecule has 1 aliphatic rings. The number of nitrogens with two attached hydrogens (primary N) is 1. The fourth-order valence-electron chi connectivity index (χ4n) is 3.43.